The van der Waals surface area contributed by atoms with E-state index in [1.165, 1.54) is 16.7 Å². The molecular weight excluding hydrogens is 258 g/mol. The van der Waals surface area contributed by atoms with Crippen LogP contribution in [0.2, 0.25) is 0 Å². The van der Waals surface area contributed by atoms with Crippen LogP contribution in [0.4, 0.5) is 5.95 Å². The third-order valence-corrected chi connectivity index (χ3v) is 3.69. The lowest BCUT2D eigenvalue weighted by Gasteiger charge is -2.12. The fourth-order valence-corrected chi connectivity index (χ4v) is 2.46. The van der Waals surface area contributed by atoms with Crippen LogP contribution in [0.1, 0.15) is 30.9 Å². The summed E-state index contributed by atoms with van der Waals surface area (Å²) in [5, 5.41) is 3.25. The molecular formula is C18H19N3. The van der Waals surface area contributed by atoms with Gasteiger partial charge in [-0.25, -0.2) is 9.97 Å². The van der Waals surface area contributed by atoms with Crippen LogP contribution >= 0.6 is 0 Å². The Hall–Kier alpha value is -2.42. The van der Waals surface area contributed by atoms with Crippen molar-refractivity contribution in [2.75, 3.05) is 5.32 Å². The molecule has 3 rings (SSSR count). The van der Waals surface area contributed by atoms with E-state index in [-0.39, 0.29) is 0 Å². The Morgan fingerprint density at radius 2 is 1.86 bits per heavy atom. The van der Waals surface area contributed by atoms with Crippen molar-refractivity contribution in [1.29, 1.82) is 0 Å². The smallest absolute Gasteiger partial charge is 0.222 e. The second-order valence-corrected chi connectivity index (χ2v) is 5.27. The molecule has 1 N–H and O–H groups in total. The van der Waals surface area contributed by atoms with Crippen LogP contribution in [0, 0.1) is 0 Å². The maximum Gasteiger partial charge on any atom is 0.222 e. The Kier molecular flexibility index (Phi) is 4.10. The number of hydrogen-bond donors (Lipinski definition) is 1. The average molecular weight is 277 g/mol. The van der Waals surface area contributed by atoms with Crippen LogP contribution in [-0.2, 0) is 6.54 Å². The van der Waals surface area contributed by atoms with E-state index in [0.717, 1.165) is 24.9 Å². The van der Waals surface area contributed by atoms with Crippen molar-refractivity contribution in [1.82, 2.24) is 9.97 Å². The first-order chi connectivity index (χ1) is 10.3. The molecule has 0 unspecified atom stereocenters. The molecule has 1 aromatic heterocycles. The molecule has 1 heterocycles. The molecule has 106 valence electrons. The first kappa shape index (κ1) is 13.6. The second kappa shape index (κ2) is 6.35. The maximum atomic E-state index is 4.41. The van der Waals surface area contributed by atoms with E-state index in [2.05, 4.69) is 46.5 Å². The van der Waals surface area contributed by atoms with Gasteiger partial charge < -0.3 is 5.32 Å². The van der Waals surface area contributed by atoms with Crippen LogP contribution in [0.3, 0.4) is 0 Å². The first-order valence-corrected chi connectivity index (χ1v) is 7.29. The Morgan fingerprint density at radius 3 is 2.57 bits per heavy atom. The molecule has 0 saturated carbocycles. The van der Waals surface area contributed by atoms with Crippen molar-refractivity contribution >= 4 is 11.5 Å². The summed E-state index contributed by atoms with van der Waals surface area (Å²) in [7, 11) is 0. The van der Waals surface area contributed by atoms with Gasteiger partial charge in [0.1, 0.15) is 0 Å². The third-order valence-electron chi connectivity index (χ3n) is 3.69. The molecule has 0 radical (unpaired) electrons. The Bertz CT molecular complexity index is 655. The lowest BCUT2D eigenvalue weighted by Crippen LogP contribution is -2.04. The number of nitrogens with zero attached hydrogens (tertiary/aromatic N) is 2. The lowest BCUT2D eigenvalue weighted by molar-refractivity contribution is 0.965. The van der Waals surface area contributed by atoms with Gasteiger partial charge in [-0.05, 0) is 30.9 Å². The maximum absolute atomic E-state index is 4.41. The SMILES string of the molecule is CC1=C(c2cnc(NCc3ccccc3)nc2)C=CCC1. The van der Waals surface area contributed by atoms with Crippen molar-refractivity contribution in [2.45, 2.75) is 26.3 Å². The Labute approximate surface area is 125 Å². The summed E-state index contributed by atoms with van der Waals surface area (Å²) in [6.45, 7) is 2.92. The largest absolute Gasteiger partial charge is 0.350 e. The Morgan fingerprint density at radius 1 is 1.10 bits per heavy atom. The summed E-state index contributed by atoms with van der Waals surface area (Å²) < 4.78 is 0. The molecule has 0 atom stereocenters. The van der Waals surface area contributed by atoms with E-state index in [9.17, 15) is 0 Å². The van der Waals surface area contributed by atoms with Crippen LogP contribution < -0.4 is 5.32 Å². The summed E-state index contributed by atoms with van der Waals surface area (Å²) in [6.07, 6.45) is 10.4. The molecule has 3 nitrogen and oxygen atoms in total. The van der Waals surface area contributed by atoms with E-state index in [1.54, 1.807) is 0 Å². The lowest BCUT2D eigenvalue weighted by atomic mass is 9.95. The highest BCUT2D eigenvalue weighted by atomic mass is 15.1. The van der Waals surface area contributed by atoms with Gasteiger partial charge in [0, 0.05) is 24.5 Å². The minimum absolute atomic E-state index is 0.667. The number of benzene rings is 1. The first-order valence-electron chi connectivity index (χ1n) is 7.29. The molecule has 2 aromatic rings. The average Bonchev–Trinajstić information content (AvgIpc) is 2.55. The van der Waals surface area contributed by atoms with Crippen molar-refractivity contribution in [3.05, 3.63) is 71.6 Å². The normalized spacial score (nSPS) is 14.3. The number of allylic oxidation sites excluding steroid dienone is 4. The predicted octanol–water partition coefficient (Wildman–Crippen LogP) is 4.21. The van der Waals surface area contributed by atoms with Crippen molar-refractivity contribution in [2.24, 2.45) is 0 Å². The van der Waals surface area contributed by atoms with Crippen LogP contribution in [0.15, 0.2) is 60.5 Å². The molecule has 0 fully saturated rings. The van der Waals surface area contributed by atoms with Gasteiger partial charge >= 0.3 is 0 Å². The summed E-state index contributed by atoms with van der Waals surface area (Å²) in [5.74, 6) is 0.667. The zero-order valence-corrected chi connectivity index (χ0v) is 12.2. The van der Waals surface area contributed by atoms with Crippen molar-refractivity contribution in [3.8, 4) is 0 Å². The number of anilines is 1. The minimum Gasteiger partial charge on any atom is -0.350 e. The zero-order chi connectivity index (χ0) is 14.5. The standard InChI is InChI=1S/C18H19N3/c1-14-7-5-6-10-17(14)16-12-20-18(21-13-16)19-11-15-8-3-2-4-9-15/h2-4,6,8-10,12-13H,5,7,11H2,1H3,(H,19,20,21). The quantitative estimate of drug-likeness (QED) is 0.909. The van der Waals surface area contributed by atoms with Gasteiger partial charge in [0.2, 0.25) is 5.95 Å². The van der Waals surface area contributed by atoms with Gasteiger partial charge in [0.25, 0.3) is 0 Å². The van der Waals surface area contributed by atoms with Gasteiger partial charge in [-0.1, -0.05) is 48.1 Å². The van der Waals surface area contributed by atoms with Gasteiger partial charge in [0.15, 0.2) is 0 Å². The topological polar surface area (TPSA) is 37.8 Å². The molecule has 0 bridgehead atoms. The number of hydrogen-bond acceptors (Lipinski definition) is 3. The van der Waals surface area contributed by atoms with Crippen LogP contribution in [-0.4, -0.2) is 9.97 Å². The van der Waals surface area contributed by atoms with E-state index in [4.69, 9.17) is 0 Å². The highest BCUT2D eigenvalue weighted by molar-refractivity contribution is 5.76. The summed E-state index contributed by atoms with van der Waals surface area (Å²) in [4.78, 5) is 8.83. The molecule has 0 saturated heterocycles. The van der Waals surface area contributed by atoms with E-state index in [0.29, 0.717) is 5.95 Å². The summed E-state index contributed by atoms with van der Waals surface area (Å²) in [5.41, 5.74) is 4.98. The van der Waals surface area contributed by atoms with Gasteiger partial charge in [-0.15, -0.1) is 0 Å². The molecule has 3 heteroatoms. The number of nitrogens with one attached hydrogen (secondary N) is 1. The number of aromatic nitrogens is 2. The predicted molar refractivity (Wildman–Crippen MR) is 86.8 cm³/mol. The second-order valence-electron chi connectivity index (χ2n) is 5.27. The molecule has 1 aliphatic carbocycles. The summed E-state index contributed by atoms with van der Waals surface area (Å²) in [6, 6.07) is 10.3. The van der Waals surface area contributed by atoms with Crippen molar-refractivity contribution in [3.63, 3.8) is 0 Å². The van der Waals surface area contributed by atoms with Gasteiger partial charge in [-0.3, -0.25) is 0 Å². The van der Waals surface area contributed by atoms with Crippen molar-refractivity contribution < 1.29 is 0 Å². The highest BCUT2D eigenvalue weighted by Gasteiger charge is 2.07. The molecule has 21 heavy (non-hydrogen) atoms. The molecule has 0 amide bonds. The fourth-order valence-electron chi connectivity index (χ4n) is 2.46. The molecule has 1 aliphatic rings. The zero-order valence-electron chi connectivity index (χ0n) is 12.2. The number of rotatable bonds is 4. The van der Waals surface area contributed by atoms with Gasteiger partial charge in [0.05, 0.1) is 0 Å². The van der Waals surface area contributed by atoms with Crippen LogP contribution in [0.25, 0.3) is 5.57 Å². The fraction of sp³-hybridized carbons (Fsp3) is 0.222. The molecule has 1 aromatic carbocycles. The van der Waals surface area contributed by atoms with E-state index < -0.39 is 0 Å². The summed E-state index contributed by atoms with van der Waals surface area (Å²) >= 11 is 0. The monoisotopic (exact) mass is 277 g/mol. The molecule has 0 spiro atoms. The van der Waals surface area contributed by atoms with Gasteiger partial charge in [-0.2, -0.15) is 0 Å². The van der Waals surface area contributed by atoms with E-state index in [1.807, 2.05) is 30.6 Å². The highest BCUT2D eigenvalue weighted by Crippen LogP contribution is 2.26. The Balaban J connectivity index is 1.68. The van der Waals surface area contributed by atoms with E-state index >= 15 is 0 Å². The third kappa shape index (κ3) is 3.37. The minimum atomic E-state index is 0.667. The van der Waals surface area contributed by atoms with Crippen LogP contribution in [0.5, 0.6) is 0 Å². The molecule has 0 aliphatic heterocycles.